The van der Waals surface area contributed by atoms with Crippen LogP contribution in [0.4, 0.5) is 0 Å². The standard InChI is InChI=1S/C11H21N5O2S/c1-8(10(17)13-5-4-6-18-3)19-11-15-14-9(7-12)16(11)2/h8H,4-7,12H2,1-3H3,(H,13,17). The van der Waals surface area contributed by atoms with Crippen molar-refractivity contribution in [1.82, 2.24) is 20.1 Å². The number of nitrogens with zero attached hydrogens (tertiary/aromatic N) is 3. The highest BCUT2D eigenvalue weighted by atomic mass is 32.2. The quantitative estimate of drug-likeness (QED) is 0.512. The Morgan fingerprint density at radius 2 is 2.32 bits per heavy atom. The molecule has 0 aliphatic rings. The summed E-state index contributed by atoms with van der Waals surface area (Å²) in [5.74, 6) is 0.689. The van der Waals surface area contributed by atoms with E-state index in [4.69, 9.17) is 10.5 Å². The Morgan fingerprint density at radius 3 is 2.89 bits per heavy atom. The lowest BCUT2D eigenvalue weighted by Crippen LogP contribution is -2.32. The molecule has 1 heterocycles. The molecule has 0 radical (unpaired) electrons. The fourth-order valence-corrected chi connectivity index (χ4v) is 2.27. The van der Waals surface area contributed by atoms with Crippen LogP contribution in [0, 0.1) is 0 Å². The highest BCUT2D eigenvalue weighted by molar-refractivity contribution is 8.00. The van der Waals surface area contributed by atoms with Crippen molar-refractivity contribution in [1.29, 1.82) is 0 Å². The predicted molar refractivity (Wildman–Crippen MR) is 73.7 cm³/mol. The van der Waals surface area contributed by atoms with Crippen LogP contribution in [0.15, 0.2) is 5.16 Å². The largest absolute Gasteiger partial charge is 0.385 e. The Morgan fingerprint density at radius 1 is 1.58 bits per heavy atom. The van der Waals surface area contributed by atoms with Gasteiger partial charge in [-0.1, -0.05) is 11.8 Å². The third-order valence-corrected chi connectivity index (χ3v) is 3.72. The molecule has 7 nitrogen and oxygen atoms in total. The molecular formula is C11H21N5O2S. The zero-order chi connectivity index (χ0) is 14.3. The Labute approximate surface area is 117 Å². The zero-order valence-corrected chi connectivity index (χ0v) is 12.4. The molecule has 0 bridgehead atoms. The van der Waals surface area contributed by atoms with Crippen LogP contribution >= 0.6 is 11.8 Å². The average Bonchev–Trinajstić information content (AvgIpc) is 2.75. The molecule has 19 heavy (non-hydrogen) atoms. The van der Waals surface area contributed by atoms with Crippen molar-refractivity contribution in [3.05, 3.63) is 5.82 Å². The molecule has 0 aromatic carbocycles. The minimum absolute atomic E-state index is 0.0154. The molecule has 0 spiro atoms. The van der Waals surface area contributed by atoms with Crippen LogP contribution in [0.2, 0.25) is 0 Å². The van der Waals surface area contributed by atoms with Crippen LogP contribution < -0.4 is 11.1 Å². The second kappa shape index (κ2) is 8.13. The molecule has 3 N–H and O–H groups in total. The first kappa shape index (κ1) is 15.9. The predicted octanol–water partition coefficient (Wildman–Crippen LogP) is -0.0929. The van der Waals surface area contributed by atoms with Crippen LogP contribution in [-0.2, 0) is 23.1 Å². The molecule has 0 aliphatic carbocycles. The smallest absolute Gasteiger partial charge is 0.233 e. The van der Waals surface area contributed by atoms with Gasteiger partial charge in [-0.2, -0.15) is 0 Å². The number of methoxy groups -OCH3 is 1. The second-order valence-corrected chi connectivity index (χ2v) is 5.37. The highest BCUT2D eigenvalue weighted by Crippen LogP contribution is 2.21. The monoisotopic (exact) mass is 287 g/mol. The fourth-order valence-electron chi connectivity index (χ4n) is 1.41. The van der Waals surface area contributed by atoms with E-state index < -0.39 is 0 Å². The summed E-state index contributed by atoms with van der Waals surface area (Å²) in [6.45, 7) is 3.43. The number of nitrogens with one attached hydrogen (secondary N) is 1. The first-order valence-electron chi connectivity index (χ1n) is 6.11. The first-order valence-corrected chi connectivity index (χ1v) is 6.99. The lowest BCUT2D eigenvalue weighted by atomic mass is 10.4. The van der Waals surface area contributed by atoms with Gasteiger partial charge in [-0.25, -0.2) is 0 Å². The number of amides is 1. The van der Waals surface area contributed by atoms with Gasteiger partial charge < -0.3 is 20.4 Å². The minimum Gasteiger partial charge on any atom is -0.385 e. The molecule has 0 fully saturated rings. The lowest BCUT2D eigenvalue weighted by molar-refractivity contribution is -0.120. The molecule has 1 amide bonds. The van der Waals surface area contributed by atoms with E-state index in [1.165, 1.54) is 11.8 Å². The number of rotatable bonds is 8. The van der Waals surface area contributed by atoms with E-state index in [2.05, 4.69) is 15.5 Å². The number of nitrogens with two attached hydrogens (primary N) is 1. The maximum absolute atomic E-state index is 11.8. The number of hydrogen-bond donors (Lipinski definition) is 2. The summed E-state index contributed by atoms with van der Waals surface area (Å²) in [6.07, 6.45) is 0.806. The number of carbonyl (C=O) groups is 1. The van der Waals surface area contributed by atoms with Crippen LogP contribution in [0.5, 0.6) is 0 Å². The van der Waals surface area contributed by atoms with Gasteiger partial charge in [-0.3, -0.25) is 4.79 Å². The fraction of sp³-hybridized carbons (Fsp3) is 0.727. The van der Waals surface area contributed by atoms with Crippen LogP contribution in [0.25, 0.3) is 0 Å². The third kappa shape index (κ3) is 4.81. The van der Waals surface area contributed by atoms with Crippen molar-refractivity contribution in [3.63, 3.8) is 0 Å². The normalized spacial score (nSPS) is 12.4. The first-order chi connectivity index (χ1) is 9.10. The van der Waals surface area contributed by atoms with E-state index in [1.807, 2.05) is 14.0 Å². The van der Waals surface area contributed by atoms with E-state index in [1.54, 1.807) is 11.7 Å². The Kier molecular flexibility index (Phi) is 6.82. The molecule has 1 atom stereocenters. The molecule has 0 saturated heterocycles. The Hall–Kier alpha value is -1.12. The van der Waals surface area contributed by atoms with Crippen molar-refractivity contribution in [3.8, 4) is 0 Å². The summed E-state index contributed by atoms with van der Waals surface area (Å²) in [4.78, 5) is 11.8. The van der Waals surface area contributed by atoms with Gasteiger partial charge in [-0.15, -0.1) is 10.2 Å². The maximum atomic E-state index is 11.8. The van der Waals surface area contributed by atoms with Gasteiger partial charge in [0, 0.05) is 27.3 Å². The number of aromatic nitrogens is 3. The maximum Gasteiger partial charge on any atom is 0.233 e. The van der Waals surface area contributed by atoms with Gasteiger partial charge in [0.05, 0.1) is 11.8 Å². The molecule has 1 unspecified atom stereocenters. The zero-order valence-electron chi connectivity index (χ0n) is 11.5. The summed E-state index contributed by atoms with van der Waals surface area (Å²) < 4.78 is 6.73. The van der Waals surface area contributed by atoms with Gasteiger partial charge in [0.1, 0.15) is 5.82 Å². The SMILES string of the molecule is COCCCNC(=O)C(C)Sc1nnc(CN)n1C. The summed E-state index contributed by atoms with van der Waals surface area (Å²) >= 11 is 1.37. The molecule has 0 saturated carbocycles. The van der Waals surface area contributed by atoms with Crippen LogP contribution in [0.3, 0.4) is 0 Å². The van der Waals surface area contributed by atoms with Crippen molar-refractivity contribution >= 4 is 17.7 Å². The van der Waals surface area contributed by atoms with Crippen molar-refractivity contribution < 1.29 is 9.53 Å². The van der Waals surface area contributed by atoms with Crippen LogP contribution in [0.1, 0.15) is 19.2 Å². The molecular weight excluding hydrogens is 266 g/mol. The molecule has 8 heteroatoms. The van der Waals surface area contributed by atoms with Gasteiger partial charge in [-0.05, 0) is 13.3 Å². The van der Waals surface area contributed by atoms with Crippen LogP contribution in [-0.4, -0.2) is 46.2 Å². The third-order valence-electron chi connectivity index (χ3n) is 2.58. The highest BCUT2D eigenvalue weighted by Gasteiger charge is 2.17. The topological polar surface area (TPSA) is 95.1 Å². The van der Waals surface area contributed by atoms with E-state index in [-0.39, 0.29) is 11.2 Å². The molecule has 1 aromatic rings. The van der Waals surface area contributed by atoms with Crippen molar-refractivity contribution in [2.75, 3.05) is 20.3 Å². The molecule has 1 rings (SSSR count). The number of hydrogen-bond acceptors (Lipinski definition) is 6. The van der Waals surface area contributed by atoms with E-state index >= 15 is 0 Å². The molecule has 0 aliphatic heterocycles. The minimum atomic E-state index is -0.226. The van der Waals surface area contributed by atoms with E-state index in [9.17, 15) is 4.79 Å². The number of ether oxygens (including phenoxy) is 1. The summed E-state index contributed by atoms with van der Waals surface area (Å²) in [6, 6.07) is 0. The number of carbonyl (C=O) groups excluding carboxylic acids is 1. The van der Waals surface area contributed by atoms with Gasteiger partial charge in [0.2, 0.25) is 5.91 Å². The molecule has 108 valence electrons. The average molecular weight is 287 g/mol. The molecule has 1 aromatic heterocycles. The van der Waals surface area contributed by atoms with E-state index in [0.29, 0.717) is 30.7 Å². The summed E-state index contributed by atoms with van der Waals surface area (Å²) in [7, 11) is 3.48. The van der Waals surface area contributed by atoms with Gasteiger partial charge >= 0.3 is 0 Å². The Balaban J connectivity index is 2.42. The van der Waals surface area contributed by atoms with Gasteiger partial charge in [0.15, 0.2) is 5.16 Å². The van der Waals surface area contributed by atoms with Gasteiger partial charge in [0.25, 0.3) is 0 Å². The summed E-state index contributed by atoms with van der Waals surface area (Å²) in [5.41, 5.74) is 5.53. The number of thioether (sulfide) groups is 1. The van der Waals surface area contributed by atoms with E-state index in [0.717, 1.165) is 6.42 Å². The van der Waals surface area contributed by atoms with Crippen molar-refractivity contribution in [2.24, 2.45) is 12.8 Å². The second-order valence-electron chi connectivity index (χ2n) is 4.06. The lowest BCUT2D eigenvalue weighted by Gasteiger charge is -2.11. The summed E-state index contributed by atoms with van der Waals surface area (Å²) in [5, 5.41) is 11.3. The van der Waals surface area contributed by atoms with Crippen molar-refractivity contribution in [2.45, 2.75) is 30.3 Å². The Bertz CT molecular complexity index is 410.